The van der Waals surface area contributed by atoms with Crippen LogP contribution >= 0.6 is 0 Å². The summed E-state index contributed by atoms with van der Waals surface area (Å²) < 4.78 is 13.4. The fourth-order valence-corrected chi connectivity index (χ4v) is 2.97. The van der Waals surface area contributed by atoms with Gasteiger partial charge in [-0.15, -0.1) is 0 Å². The molecule has 1 aliphatic rings. The van der Waals surface area contributed by atoms with Crippen LogP contribution < -0.4 is 21.8 Å². The number of halogens is 1. The fourth-order valence-electron chi connectivity index (χ4n) is 2.97. The minimum absolute atomic E-state index is 0.159. The maximum absolute atomic E-state index is 13.4. The molecule has 3 aromatic rings. The van der Waals surface area contributed by atoms with E-state index in [0.717, 1.165) is 5.56 Å². The molecule has 1 aliphatic heterocycles. The molecule has 0 spiro atoms. The van der Waals surface area contributed by atoms with Crippen LogP contribution in [0.4, 0.5) is 10.2 Å². The maximum Gasteiger partial charge on any atom is 0.248 e. The maximum atomic E-state index is 13.4. The first-order valence-corrected chi connectivity index (χ1v) is 8.69. The van der Waals surface area contributed by atoms with Gasteiger partial charge in [0.1, 0.15) is 17.3 Å². The molecule has 28 heavy (non-hydrogen) atoms. The summed E-state index contributed by atoms with van der Waals surface area (Å²) in [6.07, 6.45) is 2.64. The Labute approximate surface area is 159 Å². The summed E-state index contributed by atoms with van der Waals surface area (Å²) in [6.45, 7) is 1.91. The lowest BCUT2D eigenvalue weighted by atomic mass is 10.1. The molecule has 1 unspecified atom stereocenters. The molecule has 4 rings (SSSR count). The number of nitrogens with two attached hydrogens (primary N) is 1. The zero-order valence-corrected chi connectivity index (χ0v) is 15.0. The number of rotatable bonds is 5. The van der Waals surface area contributed by atoms with Gasteiger partial charge in [-0.2, -0.15) is 0 Å². The topological polar surface area (TPSA) is 106 Å². The van der Waals surface area contributed by atoms with Crippen molar-refractivity contribution in [1.82, 2.24) is 9.97 Å². The van der Waals surface area contributed by atoms with E-state index in [4.69, 9.17) is 5.73 Å². The van der Waals surface area contributed by atoms with Crippen molar-refractivity contribution in [3.05, 3.63) is 88.2 Å². The molecule has 1 amide bonds. The van der Waals surface area contributed by atoms with Crippen LogP contribution in [0.3, 0.4) is 0 Å². The van der Waals surface area contributed by atoms with Crippen molar-refractivity contribution in [2.24, 2.45) is 15.7 Å². The number of nitrogens with one attached hydrogen (secondary N) is 1. The third kappa shape index (κ3) is 3.57. The highest BCUT2D eigenvalue weighted by molar-refractivity contribution is 5.92. The van der Waals surface area contributed by atoms with Crippen molar-refractivity contribution in [1.29, 1.82) is 0 Å². The Morgan fingerprint density at radius 3 is 2.75 bits per heavy atom. The van der Waals surface area contributed by atoms with Crippen LogP contribution in [-0.2, 0) is 0 Å². The number of carbonyl (C=O) groups is 1. The lowest BCUT2D eigenvalue weighted by Gasteiger charge is -2.15. The molecule has 2 atom stereocenters. The smallest absolute Gasteiger partial charge is 0.248 e. The molecule has 2 heterocycles. The zero-order valence-electron chi connectivity index (χ0n) is 15.0. The van der Waals surface area contributed by atoms with Crippen molar-refractivity contribution in [2.75, 3.05) is 5.32 Å². The van der Waals surface area contributed by atoms with Gasteiger partial charge in [-0.25, -0.2) is 19.4 Å². The van der Waals surface area contributed by atoms with Crippen molar-refractivity contribution < 1.29 is 9.18 Å². The zero-order chi connectivity index (χ0) is 19.7. The summed E-state index contributed by atoms with van der Waals surface area (Å²) in [6, 6.07) is 11.2. The van der Waals surface area contributed by atoms with E-state index >= 15 is 0 Å². The number of fused-ring (bicyclic) bond motifs is 1. The molecule has 2 aromatic carbocycles. The number of primary amides is 1. The summed E-state index contributed by atoms with van der Waals surface area (Å²) in [4.78, 5) is 29.1. The third-order valence-corrected chi connectivity index (χ3v) is 4.41. The lowest BCUT2D eigenvalue weighted by molar-refractivity contribution is 0.1000. The number of anilines is 1. The molecule has 140 valence electrons. The van der Waals surface area contributed by atoms with Crippen LogP contribution in [0.5, 0.6) is 0 Å². The molecule has 0 radical (unpaired) electrons. The standard InChI is InChI=1S/C20H17FN6O/c1-11(12-3-2-4-14(21)7-12)24-18-10-23-9-17(25-18)20-26-15-6-5-13(19(22)28)8-16(15)27-20/h2-11,20H,1H3,(H2,22,28)(H,24,25)/t11-,20?/m0/s1. The van der Waals surface area contributed by atoms with Gasteiger partial charge in [-0.05, 0) is 42.8 Å². The van der Waals surface area contributed by atoms with Gasteiger partial charge >= 0.3 is 0 Å². The number of hydrogen-bond acceptors (Lipinski definition) is 6. The van der Waals surface area contributed by atoms with Gasteiger partial charge in [-0.1, -0.05) is 12.1 Å². The molecule has 0 bridgehead atoms. The number of benzene rings is 2. The molecule has 7 nitrogen and oxygen atoms in total. The second kappa shape index (κ2) is 7.15. The largest absolute Gasteiger partial charge is 0.366 e. The van der Waals surface area contributed by atoms with E-state index in [-0.39, 0.29) is 11.9 Å². The molecular formula is C20H17FN6O. The van der Waals surface area contributed by atoms with Gasteiger partial charge < -0.3 is 11.1 Å². The fraction of sp³-hybridized carbons (Fsp3) is 0.150. The monoisotopic (exact) mass is 376 g/mol. The quantitative estimate of drug-likeness (QED) is 0.709. The molecule has 0 saturated heterocycles. The molecule has 0 saturated carbocycles. The average molecular weight is 376 g/mol. The van der Waals surface area contributed by atoms with Crippen LogP contribution in [0.15, 0.2) is 64.8 Å². The third-order valence-electron chi connectivity index (χ3n) is 4.41. The van der Waals surface area contributed by atoms with Crippen LogP contribution in [-0.4, -0.2) is 15.9 Å². The van der Waals surface area contributed by atoms with E-state index in [0.29, 0.717) is 27.8 Å². The van der Waals surface area contributed by atoms with Crippen molar-refractivity contribution >= 4 is 11.7 Å². The number of hydrogen-bond donors (Lipinski definition) is 2. The average Bonchev–Trinajstić information content (AvgIpc) is 3.11. The van der Waals surface area contributed by atoms with Crippen molar-refractivity contribution in [3.63, 3.8) is 0 Å². The Bertz CT molecular complexity index is 1180. The molecule has 0 fully saturated rings. The van der Waals surface area contributed by atoms with Gasteiger partial charge in [0.05, 0.1) is 29.1 Å². The predicted octanol–water partition coefficient (Wildman–Crippen LogP) is 1.84. The van der Waals surface area contributed by atoms with Crippen LogP contribution in [0.2, 0.25) is 0 Å². The van der Waals surface area contributed by atoms with E-state index in [9.17, 15) is 9.18 Å². The molecule has 8 heteroatoms. The second-order valence-corrected chi connectivity index (χ2v) is 6.45. The van der Waals surface area contributed by atoms with E-state index in [2.05, 4.69) is 25.3 Å². The lowest BCUT2D eigenvalue weighted by Crippen LogP contribution is -2.24. The van der Waals surface area contributed by atoms with Crippen molar-refractivity contribution in [3.8, 4) is 0 Å². The Morgan fingerprint density at radius 1 is 1.14 bits per heavy atom. The predicted molar refractivity (Wildman–Crippen MR) is 100 cm³/mol. The van der Waals surface area contributed by atoms with Crippen molar-refractivity contribution in [2.45, 2.75) is 19.1 Å². The molecule has 3 N–H and O–H groups in total. The summed E-state index contributed by atoms with van der Waals surface area (Å²) in [5.41, 5.74) is 7.05. The Balaban J connectivity index is 1.58. The number of aromatic nitrogens is 2. The first-order valence-electron chi connectivity index (χ1n) is 8.69. The molecular weight excluding hydrogens is 359 g/mol. The van der Waals surface area contributed by atoms with Gasteiger partial charge in [0, 0.05) is 5.56 Å². The van der Waals surface area contributed by atoms with Crippen LogP contribution in [0, 0.1) is 5.82 Å². The second-order valence-electron chi connectivity index (χ2n) is 6.45. The highest BCUT2D eigenvalue weighted by Crippen LogP contribution is 2.21. The van der Waals surface area contributed by atoms with Gasteiger partial charge in [0.15, 0.2) is 6.17 Å². The van der Waals surface area contributed by atoms with Crippen LogP contribution in [0.25, 0.3) is 0 Å². The normalized spacial score (nSPS) is 15.9. The summed E-state index contributed by atoms with van der Waals surface area (Å²) in [5, 5.41) is 4.47. The van der Waals surface area contributed by atoms with E-state index < -0.39 is 12.1 Å². The highest BCUT2D eigenvalue weighted by Gasteiger charge is 2.17. The number of carbonyl (C=O) groups excluding carboxylic acids is 1. The first-order chi connectivity index (χ1) is 13.5. The number of nitrogens with zero attached hydrogens (tertiary/aromatic N) is 4. The minimum Gasteiger partial charge on any atom is -0.366 e. The minimum atomic E-state index is -0.545. The van der Waals surface area contributed by atoms with Crippen LogP contribution in [0.1, 0.15) is 40.7 Å². The Morgan fingerprint density at radius 2 is 1.96 bits per heavy atom. The van der Waals surface area contributed by atoms with Gasteiger partial charge in [0.2, 0.25) is 5.91 Å². The number of amides is 1. The van der Waals surface area contributed by atoms with Gasteiger partial charge in [0.25, 0.3) is 0 Å². The van der Waals surface area contributed by atoms with E-state index in [1.54, 1.807) is 36.7 Å². The molecule has 1 aromatic heterocycles. The van der Waals surface area contributed by atoms with E-state index in [1.165, 1.54) is 12.1 Å². The highest BCUT2D eigenvalue weighted by atomic mass is 19.1. The van der Waals surface area contributed by atoms with Gasteiger partial charge in [-0.3, -0.25) is 9.78 Å². The SMILES string of the molecule is C[C@H](Nc1cncc(C2N=c3ccc(C(N)=O)cc3=N2)n1)c1cccc(F)c1. The first kappa shape index (κ1) is 17.7. The summed E-state index contributed by atoms with van der Waals surface area (Å²) in [5.74, 6) is -0.269. The Kier molecular flexibility index (Phi) is 4.52. The summed E-state index contributed by atoms with van der Waals surface area (Å²) >= 11 is 0. The summed E-state index contributed by atoms with van der Waals surface area (Å²) in [7, 11) is 0. The molecule has 0 aliphatic carbocycles. The Hall–Kier alpha value is -3.68. The van der Waals surface area contributed by atoms with E-state index in [1.807, 2.05) is 13.0 Å².